The number of primary amides is 1. The highest BCUT2D eigenvalue weighted by molar-refractivity contribution is 7.89. The van der Waals surface area contributed by atoms with E-state index < -0.39 is 21.3 Å². The lowest BCUT2D eigenvalue weighted by molar-refractivity contribution is -0.122. The Kier molecular flexibility index (Phi) is 9.54. The minimum atomic E-state index is -4.25. The minimum Gasteiger partial charge on any atom is -0.497 e. The molecule has 0 aromatic heterocycles. The Morgan fingerprint density at radius 3 is 1.60 bits per heavy atom. The first-order valence-corrected chi connectivity index (χ1v) is 13.8. The first-order valence-electron chi connectivity index (χ1n) is 12.3. The van der Waals surface area contributed by atoms with Crippen LogP contribution in [0.1, 0.15) is 30.5 Å². The van der Waals surface area contributed by atoms with Gasteiger partial charge < -0.3 is 29.4 Å². The van der Waals surface area contributed by atoms with E-state index in [-0.39, 0.29) is 23.7 Å². The van der Waals surface area contributed by atoms with Crippen LogP contribution in [0.3, 0.4) is 0 Å². The smallest absolute Gasteiger partial charge is 0.247 e. The molecule has 0 fully saturated rings. The zero-order valence-corrected chi connectivity index (χ0v) is 24.6. The predicted molar refractivity (Wildman–Crippen MR) is 151 cm³/mol. The number of methoxy groups -OCH3 is 5. The Morgan fingerprint density at radius 1 is 0.725 bits per heavy atom. The maximum atomic E-state index is 14.4. The number of sulfonamides is 1. The number of carbonyl (C=O) groups excluding carboxylic acids is 1. The zero-order valence-electron chi connectivity index (χ0n) is 23.8. The van der Waals surface area contributed by atoms with Gasteiger partial charge in [-0.05, 0) is 43.7 Å². The van der Waals surface area contributed by atoms with Gasteiger partial charge in [0.15, 0.2) is 0 Å². The SMILES string of the molecule is COc1ccc(CN(Cc2ccc(OC)cc2OC)S(=O)(=O)c2cc(C(C)(C)C(N)=O)ccc2OC)c(OC)c1. The van der Waals surface area contributed by atoms with E-state index in [0.29, 0.717) is 39.7 Å². The fourth-order valence-corrected chi connectivity index (χ4v) is 5.70. The summed E-state index contributed by atoms with van der Waals surface area (Å²) in [6, 6.07) is 14.9. The van der Waals surface area contributed by atoms with Crippen molar-refractivity contribution in [3.8, 4) is 28.7 Å². The maximum absolute atomic E-state index is 14.4. The van der Waals surface area contributed by atoms with E-state index in [1.807, 2.05) is 0 Å². The molecule has 0 atom stereocenters. The molecule has 11 heteroatoms. The lowest BCUT2D eigenvalue weighted by atomic mass is 9.84. The van der Waals surface area contributed by atoms with Crippen molar-refractivity contribution in [2.24, 2.45) is 5.73 Å². The molecule has 0 bridgehead atoms. The van der Waals surface area contributed by atoms with Crippen molar-refractivity contribution in [3.63, 3.8) is 0 Å². The zero-order chi connectivity index (χ0) is 29.7. The van der Waals surface area contributed by atoms with Gasteiger partial charge in [0.25, 0.3) is 0 Å². The van der Waals surface area contributed by atoms with Gasteiger partial charge in [-0.3, -0.25) is 4.79 Å². The average molecular weight is 573 g/mol. The molecule has 40 heavy (non-hydrogen) atoms. The molecule has 3 aromatic rings. The van der Waals surface area contributed by atoms with Gasteiger partial charge in [-0.1, -0.05) is 18.2 Å². The Balaban J connectivity index is 2.22. The molecule has 0 aliphatic rings. The molecule has 10 nitrogen and oxygen atoms in total. The topological polar surface area (TPSA) is 127 Å². The molecule has 3 rings (SSSR count). The van der Waals surface area contributed by atoms with Crippen LogP contribution in [-0.2, 0) is 33.3 Å². The van der Waals surface area contributed by atoms with Crippen molar-refractivity contribution in [2.45, 2.75) is 37.2 Å². The van der Waals surface area contributed by atoms with Crippen molar-refractivity contribution >= 4 is 15.9 Å². The summed E-state index contributed by atoms with van der Waals surface area (Å²) in [5.74, 6) is 1.57. The number of carbonyl (C=O) groups is 1. The van der Waals surface area contributed by atoms with E-state index in [2.05, 4.69) is 0 Å². The van der Waals surface area contributed by atoms with Gasteiger partial charge in [0.05, 0.1) is 41.0 Å². The molecule has 0 saturated heterocycles. The van der Waals surface area contributed by atoms with E-state index in [9.17, 15) is 13.2 Å². The number of rotatable bonds is 13. The summed E-state index contributed by atoms with van der Waals surface area (Å²) in [7, 11) is 3.21. The second kappa shape index (κ2) is 12.5. The Labute approximate surface area is 235 Å². The summed E-state index contributed by atoms with van der Waals surface area (Å²) in [6.45, 7) is 3.15. The number of hydrogen-bond donors (Lipinski definition) is 1. The number of ether oxygens (including phenoxy) is 5. The third-order valence-electron chi connectivity index (χ3n) is 6.80. The van der Waals surface area contributed by atoms with Gasteiger partial charge >= 0.3 is 0 Å². The van der Waals surface area contributed by atoms with Gasteiger partial charge in [-0.25, -0.2) is 8.42 Å². The molecule has 0 aliphatic carbocycles. The standard InChI is InChI=1S/C29H36N2O8S/c1-29(2,28(30)32)21-10-13-24(37-5)27(14-21)40(33,34)31(17-19-8-11-22(35-3)15-25(19)38-6)18-20-9-12-23(36-4)16-26(20)39-7/h8-16H,17-18H2,1-7H3,(H2,30,32). The van der Waals surface area contributed by atoms with Gasteiger partial charge in [0.1, 0.15) is 33.6 Å². The summed E-state index contributed by atoms with van der Waals surface area (Å²) < 4.78 is 57.3. The Morgan fingerprint density at radius 2 is 1.20 bits per heavy atom. The highest BCUT2D eigenvalue weighted by atomic mass is 32.2. The third-order valence-corrected chi connectivity index (χ3v) is 8.61. The molecule has 0 heterocycles. The number of nitrogens with zero attached hydrogens (tertiary/aromatic N) is 1. The summed E-state index contributed by atoms with van der Waals surface area (Å²) >= 11 is 0. The van der Waals surface area contributed by atoms with Crippen molar-refractivity contribution in [1.29, 1.82) is 0 Å². The van der Waals surface area contributed by atoms with Crippen molar-refractivity contribution < 1.29 is 36.9 Å². The van der Waals surface area contributed by atoms with E-state index in [1.165, 1.54) is 52.0 Å². The average Bonchev–Trinajstić information content (AvgIpc) is 2.96. The first-order chi connectivity index (χ1) is 18.9. The molecule has 0 aliphatic heterocycles. The molecular weight excluding hydrogens is 536 g/mol. The van der Waals surface area contributed by atoms with E-state index in [0.717, 1.165) is 0 Å². The van der Waals surface area contributed by atoms with Crippen molar-refractivity contribution in [3.05, 3.63) is 71.3 Å². The van der Waals surface area contributed by atoms with Crippen LogP contribution in [0.2, 0.25) is 0 Å². The van der Waals surface area contributed by atoms with Crippen LogP contribution >= 0.6 is 0 Å². The number of nitrogens with two attached hydrogens (primary N) is 1. The van der Waals surface area contributed by atoms with Crippen molar-refractivity contribution in [2.75, 3.05) is 35.5 Å². The summed E-state index contributed by atoms with van der Waals surface area (Å²) in [5.41, 5.74) is 6.14. The summed E-state index contributed by atoms with van der Waals surface area (Å²) in [5, 5.41) is 0. The molecule has 1 amide bonds. The van der Waals surface area contributed by atoms with Gasteiger partial charge in [0.2, 0.25) is 15.9 Å². The number of benzene rings is 3. The van der Waals surface area contributed by atoms with Crippen LogP contribution in [0.15, 0.2) is 59.5 Å². The minimum absolute atomic E-state index is 0.0583. The fourth-order valence-electron chi connectivity index (χ4n) is 4.12. The Bertz CT molecular complexity index is 1410. The second-order valence-corrected chi connectivity index (χ2v) is 11.4. The predicted octanol–water partition coefficient (Wildman–Crippen LogP) is 3.88. The van der Waals surface area contributed by atoms with Crippen LogP contribution < -0.4 is 29.4 Å². The monoisotopic (exact) mass is 572 g/mol. The quantitative estimate of drug-likeness (QED) is 0.327. The molecular formula is C29H36N2O8S. The number of amides is 1. The lowest BCUT2D eigenvalue weighted by Crippen LogP contribution is -2.36. The first kappa shape index (κ1) is 30.6. The third kappa shape index (κ3) is 6.26. The summed E-state index contributed by atoms with van der Waals surface area (Å²) in [4.78, 5) is 12.1. The molecule has 0 radical (unpaired) electrons. The van der Waals surface area contributed by atoms with Crippen LogP contribution in [0.4, 0.5) is 0 Å². The number of hydrogen-bond acceptors (Lipinski definition) is 8. The van der Waals surface area contributed by atoms with Crippen LogP contribution in [0.25, 0.3) is 0 Å². The highest BCUT2D eigenvalue weighted by Crippen LogP contribution is 2.36. The highest BCUT2D eigenvalue weighted by Gasteiger charge is 2.34. The molecule has 3 aromatic carbocycles. The maximum Gasteiger partial charge on any atom is 0.247 e. The summed E-state index contributed by atoms with van der Waals surface area (Å²) in [6.07, 6.45) is 0. The molecule has 0 saturated carbocycles. The normalized spacial score (nSPS) is 11.7. The van der Waals surface area contributed by atoms with Crippen LogP contribution in [0, 0.1) is 0 Å². The molecule has 216 valence electrons. The van der Waals surface area contributed by atoms with E-state index >= 15 is 0 Å². The largest absolute Gasteiger partial charge is 0.497 e. The van der Waals surface area contributed by atoms with E-state index in [4.69, 9.17) is 29.4 Å². The lowest BCUT2D eigenvalue weighted by Gasteiger charge is -2.27. The molecule has 0 unspecified atom stereocenters. The van der Waals surface area contributed by atoms with Crippen LogP contribution in [0.5, 0.6) is 28.7 Å². The Hall–Kier alpha value is -3.96. The molecule has 0 spiro atoms. The van der Waals surface area contributed by atoms with Crippen LogP contribution in [-0.4, -0.2) is 54.2 Å². The van der Waals surface area contributed by atoms with Gasteiger partial charge in [0, 0.05) is 36.3 Å². The van der Waals surface area contributed by atoms with Gasteiger partial charge in [-0.15, -0.1) is 0 Å². The van der Waals surface area contributed by atoms with E-state index in [1.54, 1.807) is 56.3 Å². The van der Waals surface area contributed by atoms with Crippen molar-refractivity contribution in [1.82, 2.24) is 4.31 Å². The fraction of sp³-hybridized carbons (Fsp3) is 0.345. The molecule has 2 N–H and O–H groups in total. The van der Waals surface area contributed by atoms with Gasteiger partial charge in [-0.2, -0.15) is 4.31 Å². The second-order valence-electron chi connectivity index (χ2n) is 9.48.